The lowest BCUT2D eigenvalue weighted by Gasteiger charge is -2.20. The van der Waals surface area contributed by atoms with Gasteiger partial charge in [-0.3, -0.25) is 4.79 Å². The maximum Gasteiger partial charge on any atom is 0.229 e. The Balaban J connectivity index is 1.67. The van der Waals surface area contributed by atoms with Crippen LogP contribution in [0, 0.1) is 5.92 Å². The summed E-state index contributed by atoms with van der Waals surface area (Å²) < 4.78 is 5.27. The molecular formula is C15H17N3O2S. The minimum atomic E-state index is 0.0302. The molecule has 1 aliphatic heterocycles. The average Bonchev–Trinajstić information content (AvgIpc) is 2.97. The molecule has 1 amide bonds. The van der Waals surface area contributed by atoms with Crippen molar-refractivity contribution < 1.29 is 9.53 Å². The Morgan fingerprint density at radius 1 is 1.29 bits per heavy atom. The monoisotopic (exact) mass is 303 g/mol. The molecule has 5 nitrogen and oxygen atoms in total. The van der Waals surface area contributed by atoms with Crippen molar-refractivity contribution >= 4 is 28.1 Å². The van der Waals surface area contributed by atoms with Gasteiger partial charge in [-0.1, -0.05) is 12.1 Å². The summed E-state index contributed by atoms with van der Waals surface area (Å²) in [6.45, 7) is 1.32. The second-order valence-corrected chi connectivity index (χ2v) is 5.89. The van der Waals surface area contributed by atoms with Gasteiger partial charge in [-0.05, 0) is 25.0 Å². The Hall–Kier alpha value is -1.92. The van der Waals surface area contributed by atoms with Crippen LogP contribution in [0.25, 0.3) is 11.3 Å². The van der Waals surface area contributed by atoms with Crippen molar-refractivity contribution in [2.45, 2.75) is 12.8 Å². The Bertz CT molecular complexity index is 618. The molecule has 2 aromatic rings. The van der Waals surface area contributed by atoms with Crippen LogP contribution in [0.5, 0.6) is 0 Å². The van der Waals surface area contributed by atoms with Crippen molar-refractivity contribution in [2.24, 2.45) is 5.92 Å². The van der Waals surface area contributed by atoms with Crippen molar-refractivity contribution in [3.63, 3.8) is 0 Å². The number of aromatic nitrogens is 1. The molecule has 6 heteroatoms. The van der Waals surface area contributed by atoms with Gasteiger partial charge in [0, 0.05) is 35.8 Å². The summed E-state index contributed by atoms with van der Waals surface area (Å²) >= 11 is 1.44. The van der Waals surface area contributed by atoms with Crippen LogP contribution in [-0.2, 0) is 9.53 Å². The number of ether oxygens (including phenoxy) is 1. The van der Waals surface area contributed by atoms with E-state index in [1.165, 1.54) is 11.3 Å². The van der Waals surface area contributed by atoms with Gasteiger partial charge in [0.25, 0.3) is 0 Å². The first-order valence-electron chi connectivity index (χ1n) is 6.92. The van der Waals surface area contributed by atoms with Crippen LogP contribution in [0.4, 0.5) is 10.8 Å². The Kier molecular flexibility index (Phi) is 4.17. The molecule has 1 aromatic carbocycles. The molecule has 21 heavy (non-hydrogen) atoms. The topological polar surface area (TPSA) is 77.2 Å². The van der Waals surface area contributed by atoms with Crippen LogP contribution in [0.1, 0.15) is 12.8 Å². The number of carbonyl (C=O) groups is 1. The molecule has 1 aliphatic rings. The zero-order chi connectivity index (χ0) is 14.7. The SMILES string of the molecule is Nc1ccc(-c2csc(NC(=O)C3CCOCC3)n2)cc1. The molecule has 0 radical (unpaired) electrons. The highest BCUT2D eigenvalue weighted by Crippen LogP contribution is 2.26. The predicted octanol–water partition coefficient (Wildman–Crippen LogP) is 2.76. The summed E-state index contributed by atoms with van der Waals surface area (Å²) in [4.78, 5) is 16.6. The van der Waals surface area contributed by atoms with Gasteiger partial charge in [0.2, 0.25) is 5.91 Å². The van der Waals surface area contributed by atoms with Crippen LogP contribution >= 0.6 is 11.3 Å². The van der Waals surface area contributed by atoms with Crippen molar-refractivity contribution in [3.8, 4) is 11.3 Å². The third-order valence-electron chi connectivity index (χ3n) is 3.53. The van der Waals surface area contributed by atoms with E-state index in [1.54, 1.807) is 0 Å². The summed E-state index contributed by atoms with van der Waals surface area (Å²) in [6, 6.07) is 7.53. The highest BCUT2D eigenvalue weighted by molar-refractivity contribution is 7.14. The van der Waals surface area contributed by atoms with E-state index in [1.807, 2.05) is 29.6 Å². The fraction of sp³-hybridized carbons (Fsp3) is 0.333. The van der Waals surface area contributed by atoms with Gasteiger partial charge in [-0.25, -0.2) is 4.98 Å². The lowest BCUT2D eigenvalue weighted by molar-refractivity contribution is -0.122. The van der Waals surface area contributed by atoms with Gasteiger partial charge in [0.1, 0.15) is 0 Å². The van der Waals surface area contributed by atoms with Crippen LogP contribution in [0.2, 0.25) is 0 Å². The first kappa shape index (κ1) is 14.0. The molecule has 1 saturated heterocycles. The number of anilines is 2. The number of nitrogens with two attached hydrogens (primary N) is 1. The Morgan fingerprint density at radius 3 is 2.71 bits per heavy atom. The third kappa shape index (κ3) is 3.40. The number of nitrogen functional groups attached to an aromatic ring is 1. The predicted molar refractivity (Wildman–Crippen MR) is 84.1 cm³/mol. The van der Waals surface area contributed by atoms with E-state index in [2.05, 4.69) is 10.3 Å². The van der Waals surface area contributed by atoms with Crippen LogP contribution in [0.15, 0.2) is 29.6 Å². The number of amides is 1. The number of hydrogen-bond acceptors (Lipinski definition) is 5. The van der Waals surface area contributed by atoms with E-state index in [0.29, 0.717) is 18.3 Å². The van der Waals surface area contributed by atoms with Crippen LogP contribution in [-0.4, -0.2) is 24.1 Å². The molecular weight excluding hydrogens is 286 g/mol. The quantitative estimate of drug-likeness (QED) is 0.855. The fourth-order valence-corrected chi connectivity index (χ4v) is 3.01. The Labute approximate surface area is 127 Å². The van der Waals surface area contributed by atoms with E-state index in [-0.39, 0.29) is 11.8 Å². The number of hydrogen-bond donors (Lipinski definition) is 2. The van der Waals surface area contributed by atoms with Gasteiger partial charge in [-0.15, -0.1) is 11.3 Å². The molecule has 3 rings (SSSR count). The molecule has 3 N–H and O–H groups in total. The number of rotatable bonds is 3. The molecule has 0 bridgehead atoms. The molecule has 0 saturated carbocycles. The van der Waals surface area contributed by atoms with E-state index in [9.17, 15) is 4.79 Å². The zero-order valence-electron chi connectivity index (χ0n) is 11.5. The summed E-state index contributed by atoms with van der Waals surface area (Å²) in [5.41, 5.74) is 8.24. The molecule has 2 heterocycles. The number of benzene rings is 1. The number of nitrogens with zero attached hydrogens (tertiary/aromatic N) is 1. The minimum absolute atomic E-state index is 0.0302. The van der Waals surface area contributed by atoms with Crippen molar-refractivity contribution in [3.05, 3.63) is 29.6 Å². The third-order valence-corrected chi connectivity index (χ3v) is 4.29. The molecule has 110 valence electrons. The molecule has 0 spiro atoms. The van der Waals surface area contributed by atoms with Crippen LogP contribution < -0.4 is 11.1 Å². The van der Waals surface area contributed by atoms with Gasteiger partial charge < -0.3 is 15.8 Å². The minimum Gasteiger partial charge on any atom is -0.399 e. The largest absolute Gasteiger partial charge is 0.399 e. The molecule has 0 aliphatic carbocycles. The second-order valence-electron chi connectivity index (χ2n) is 5.04. The molecule has 0 unspecified atom stereocenters. The van der Waals surface area contributed by atoms with Crippen molar-refractivity contribution in [1.29, 1.82) is 0 Å². The summed E-state index contributed by atoms with van der Waals surface area (Å²) in [7, 11) is 0. The first-order chi connectivity index (χ1) is 10.2. The van der Waals surface area contributed by atoms with Gasteiger partial charge in [-0.2, -0.15) is 0 Å². The summed E-state index contributed by atoms with van der Waals surface area (Å²) in [5.74, 6) is 0.0686. The number of carbonyl (C=O) groups excluding carboxylic acids is 1. The van der Waals surface area contributed by atoms with E-state index in [4.69, 9.17) is 10.5 Å². The standard InChI is InChI=1S/C15H17N3O2S/c16-12-3-1-10(2-4-12)13-9-21-15(17-13)18-14(19)11-5-7-20-8-6-11/h1-4,9,11H,5-8,16H2,(H,17,18,19). The second kappa shape index (κ2) is 6.24. The fourth-order valence-electron chi connectivity index (χ4n) is 2.28. The van der Waals surface area contributed by atoms with E-state index in [0.717, 1.165) is 29.8 Å². The zero-order valence-corrected chi connectivity index (χ0v) is 12.4. The van der Waals surface area contributed by atoms with E-state index < -0.39 is 0 Å². The van der Waals surface area contributed by atoms with Gasteiger partial charge in [0.15, 0.2) is 5.13 Å². The normalized spacial score (nSPS) is 15.8. The Morgan fingerprint density at radius 2 is 2.00 bits per heavy atom. The lowest BCUT2D eigenvalue weighted by atomic mass is 10.00. The van der Waals surface area contributed by atoms with E-state index >= 15 is 0 Å². The van der Waals surface area contributed by atoms with Gasteiger partial charge >= 0.3 is 0 Å². The number of nitrogens with one attached hydrogen (secondary N) is 1. The average molecular weight is 303 g/mol. The maximum absolute atomic E-state index is 12.1. The number of thiazole rings is 1. The molecule has 1 fully saturated rings. The first-order valence-corrected chi connectivity index (χ1v) is 7.80. The van der Waals surface area contributed by atoms with Crippen molar-refractivity contribution in [2.75, 3.05) is 24.3 Å². The maximum atomic E-state index is 12.1. The molecule has 0 atom stereocenters. The smallest absolute Gasteiger partial charge is 0.229 e. The summed E-state index contributed by atoms with van der Waals surface area (Å²) in [6.07, 6.45) is 1.56. The highest BCUT2D eigenvalue weighted by Gasteiger charge is 2.22. The van der Waals surface area contributed by atoms with Crippen LogP contribution in [0.3, 0.4) is 0 Å². The summed E-state index contributed by atoms with van der Waals surface area (Å²) in [5, 5.41) is 5.47. The van der Waals surface area contributed by atoms with Crippen molar-refractivity contribution in [1.82, 2.24) is 4.98 Å². The molecule has 1 aromatic heterocycles. The highest BCUT2D eigenvalue weighted by atomic mass is 32.1. The van der Waals surface area contributed by atoms with Gasteiger partial charge in [0.05, 0.1) is 5.69 Å². The lowest BCUT2D eigenvalue weighted by Crippen LogP contribution is -2.28.